The smallest absolute Gasteiger partial charge is 0.267 e. The summed E-state index contributed by atoms with van der Waals surface area (Å²) in [4.78, 5) is 4.40. The molecule has 1 aromatic carbocycles. The van der Waals surface area contributed by atoms with Crippen molar-refractivity contribution in [3.05, 3.63) is 47.8 Å². The molecule has 0 aliphatic carbocycles. The summed E-state index contributed by atoms with van der Waals surface area (Å²) in [5, 5.41) is 0. The van der Waals surface area contributed by atoms with Crippen LogP contribution in [-0.4, -0.2) is 20.0 Å². The predicted octanol–water partition coefficient (Wildman–Crippen LogP) is 3.09. The van der Waals surface area contributed by atoms with E-state index in [0.717, 1.165) is 16.8 Å². The predicted molar refractivity (Wildman–Crippen MR) is 78.0 cm³/mol. The molecule has 2 aromatic rings. The molecule has 0 fully saturated rings. The van der Waals surface area contributed by atoms with E-state index in [1.54, 1.807) is 25.3 Å². The molecule has 0 aliphatic heterocycles. The van der Waals surface area contributed by atoms with Crippen molar-refractivity contribution in [2.75, 3.05) is 6.61 Å². The summed E-state index contributed by atoms with van der Waals surface area (Å²) in [6.45, 7) is 5.57. The number of aryl methyl sites for hydroxylation is 2. The van der Waals surface area contributed by atoms with Gasteiger partial charge in [0.05, 0.1) is 6.61 Å². The Balaban J connectivity index is 2.63. The van der Waals surface area contributed by atoms with Crippen molar-refractivity contribution in [2.45, 2.75) is 25.7 Å². The second-order valence-corrected chi connectivity index (χ2v) is 6.13. The summed E-state index contributed by atoms with van der Waals surface area (Å²) < 4.78 is 29.2. The Hall–Kier alpha value is -1.72. The summed E-state index contributed by atoms with van der Waals surface area (Å²) in [5.41, 5.74) is 3.25. The molecule has 0 spiro atoms. The van der Waals surface area contributed by atoms with Gasteiger partial charge in [0.15, 0.2) is 0 Å². The van der Waals surface area contributed by atoms with Crippen LogP contribution in [0.5, 0.6) is 0 Å². The molecule has 0 saturated heterocycles. The molecule has 4 nitrogen and oxygen atoms in total. The van der Waals surface area contributed by atoms with Crippen LogP contribution in [0, 0.1) is 13.8 Å². The number of benzene rings is 1. The van der Waals surface area contributed by atoms with Crippen LogP contribution in [-0.2, 0) is 14.3 Å². The van der Waals surface area contributed by atoms with Gasteiger partial charge in [0.1, 0.15) is 4.90 Å². The van der Waals surface area contributed by atoms with Crippen LogP contribution in [0.4, 0.5) is 0 Å². The monoisotopic (exact) mass is 291 g/mol. The number of aromatic nitrogens is 1. The Morgan fingerprint density at radius 2 is 1.90 bits per heavy atom. The number of nitrogens with zero attached hydrogens (tertiary/aromatic N) is 1. The Bertz CT molecular complexity index is 706. The Morgan fingerprint density at radius 3 is 2.50 bits per heavy atom. The zero-order valence-electron chi connectivity index (χ0n) is 11.8. The fourth-order valence-corrected chi connectivity index (χ4v) is 3.05. The first-order valence-electron chi connectivity index (χ1n) is 6.37. The average molecular weight is 291 g/mol. The van der Waals surface area contributed by atoms with Crippen molar-refractivity contribution in [3.63, 3.8) is 0 Å². The van der Waals surface area contributed by atoms with Crippen molar-refractivity contribution in [1.82, 2.24) is 4.98 Å². The van der Waals surface area contributed by atoms with Crippen LogP contribution in [0.2, 0.25) is 0 Å². The first-order chi connectivity index (χ1) is 9.44. The standard InChI is InChI=1S/C15H17NO3S/c1-4-19-20(17,18)15-8-5-11(2)9-14(15)13-7-6-12(3)16-10-13/h5-10H,4H2,1-3H3. The molecule has 106 valence electrons. The molecule has 0 aliphatic rings. The van der Waals surface area contributed by atoms with E-state index in [1.807, 2.05) is 32.0 Å². The van der Waals surface area contributed by atoms with E-state index in [2.05, 4.69) is 4.98 Å². The van der Waals surface area contributed by atoms with E-state index in [-0.39, 0.29) is 11.5 Å². The summed E-state index contributed by atoms with van der Waals surface area (Å²) in [6, 6.07) is 8.89. The van der Waals surface area contributed by atoms with Gasteiger partial charge in [0.25, 0.3) is 10.1 Å². The molecular weight excluding hydrogens is 274 g/mol. The maximum absolute atomic E-state index is 12.2. The Kier molecular flexibility index (Phi) is 4.20. The van der Waals surface area contributed by atoms with Crippen molar-refractivity contribution < 1.29 is 12.6 Å². The minimum atomic E-state index is -3.74. The highest BCUT2D eigenvalue weighted by atomic mass is 32.2. The lowest BCUT2D eigenvalue weighted by Crippen LogP contribution is -2.08. The van der Waals surface area contributed by atoms with Gasteiger partial charge in [-0.1, -0.05) is 17.7 Å². The lowest BCUT2D eigenvalue weighted by molar-refractivity contribution is 0.338. The van der Waals surface area contributed by atoms with E-state index in [1.165, 1.54) is 0 Å². The quantitative estimate of drug-likeness (QED) is 0.812. The topological polar surface area (TPSA) is 56.3 Å². The zero-order chi connectivity index (χ0) is 14.8. The zero-order valence-corrected chi connectivity index (χ0v) is 12.6. The summed E-state index contributed by atoms with van der Waals surface area (Å²) in [6.07, 6.45) is 1.68. The number of hydrogen-bond donors (Lipinski definition) is 0. The van der Waals surface area contributed by atoms with Gasteiger partial charge in [-0.3, -0.25) is 9.17 Å². The lowest BCUT2D eigenvalue weighted by Gasteiger charge is -2.11. The van der Waals surface area contributed by atoms with Crippen LogP contribution in [0.15, 0.2) is 41.4 Å². The number of hydrogen-bond acceptors (Lipinski definition) is 4. The average Bonchev–Trinajstić information content (AvgIpc) is 2.39. The van der Waals surface area contributed by atoms with Gasteiger partial charge in [-0.2, -0.15) is 8.42 Å². The van der Waals surface area contributed by atoms with Crippen molar-refractivity contribution >= 4 is 10.1 Å². The normalized spacial score (nSPS) is 11.6. The summed E-state index contributed by atoms with van der Waals surface area (Å²) in [7, 11) is -3.74. The Labute approximate surface area is 119 Å². The van der Waals surface area contributed by atoms with Crippen molar-refractivity contribution in [2.24, 2.45) is 0 Å². The molecule has 0 unspecified atom stereocenters. The molecule has 2 rings (SSSR count). The van der Waals surface area contributed by atoms with Crippen LogP contribution in [0.3, 0.4) is 0 Å². The van der Waals surface area contributed by atoms with Gasteiger partial charge in [0.2, 0.25) is 0 Å². The third kappa shape index (κ3) is 3.05. The largest absolute Gasteiger partial charge is 0.297 e. The van der Waals surface area contributed by atoms with E-state index >= 15 is 0 Å². The molecule has 5 heteroatoms. The molecule has 1 aromatic heterocycles. The van der Waals surface area contributed by atoms with Gasteiger partial charge < -0.3 is 0 Å². The van der Waals surface area contributed by atoms with Crippen molar-refractivity contribution in [1.29, 1.82) is 0 Å². The fourth-order valence-electron chi connectivity index (χ4n) is 1.93. The maximum Gasteiger partial charge on any atom is 0.297 e. The van der Waals surface area contributed by atoms with Gasteiger partial charge >= 0.3 is 0 Å². The molecule has 0 radical (unpaired) electrons. The minimum Gasteiger partial charge on any atom is -0.267 e. The third-order valence-electron chi connectivity index (χ3n) is 2.90. The van der Waals surface area contributed by atoms with Gasteiger partial charge in [-0.15, -0.1) is 0 Å². The second-order valence-electron chi connectivity index (χ2n) is 4.55. The SMILES string of the molecule is CCOS(=O)(=O)c1ccc(C)cc1-c1ccc(C)nc1. The van der Waals surface area contributed by atoms with Crippen LogP contribution in [0.25, 0.3) is 11.1 Å². The lowest BCUT2D eigenvalue weighted by atomic mass is 10.1. The molecule has 1 heterocycles. The summed E-state index contributed by atoms with van der Waals surface area (Å²) >= 11 is 0. The van der Waals surface area contributed by atoms with E-state index in [9.17, 15) is 8.42 Å². The van der Waals surface area contributed by atoms with Gasteiger partial charge in [-0.05, 0) is 39.0 Å². The number of pyridine rings is 1. The highest BCUT2D eigenvalue weighted by Crippen LogP contribution is 2.29. The van der Waals surface area contributed by atoms with E-state index in [4.69, 9.17) is 4.18 Å². The molecule has 0 amide bonds. The maximum atomic E-state index is 12.2. The first-order valence-corrected chi connectivity index (χ1v) is 7.78. The molecule has 0 saturated carbocycles. The molecule has 0 N–H and O–H groups in total. The Morgan fingerprint density at radius 1 is 1.15 bits per heavy atom. The van der Waals surface area contributed by atoms with E-state index < -0.39 is 10.1 Å². The summed E-state index contributed by atoms with van der Waals surface area (Å²) in [5.74, 6) is 0. The van der Waals surface area contributed by atoms with Gasteiger partial charge in [-0.25, -0.2) is 0 Å². The molecule has 0 atom stereocenters. The second kappa shape index (κ2) is 5.73. The van der Waals surface area contributed by atoms with Gasteiger partial charge in [0, 0.05) is 23.0 Å². The highest BCUT2D eigenvalue weighted by molar-refractivity contribution is 7.87. The molecule has 0 bridgehead atoms. The molecular formula is C15H17NO3S. The number of rotatable bonds is 4. The molecule has 20 heavy (non-hydrogen) atoms. The third-order valence-corrected chi connectivity index (χ3v) is 4.34. The van der Waals surface area contributed by atoms with Crippen LogP contribution < -0.4 is 0 Å². The van der Waals surface area contributed by atoms with Crippen LogP contribution >= 0.6 is 0 Å². The van der Waals surface area contributed by atoms with E-state index in [0.29, 0.717) is 5.56 Å². The fraction of sp³-hybridized carbons (Fsp3) is 0.267. The van der Waals surface area contributed by atoms with Crippen molar-refractivity contribution in [3.8, 4) is 11.1 Å². The first kappa shape index (κ1) is 14.7. The highest BCUT2D eigenvalue weighted by Gasteiger charge is 2.20. The minimum absolute atomic E-state index is 0.113. The van der Waals surface area contributed by atoms with Crippen LogP contribution in [0.1, 0.15) is 18.2 Å².